The van der Waals surface area contributed by atoms with Gasteiger partial charge in [0.25, 0.3) is 0 Å². The molecule has 0 aliphatic carbocycles. The highest BCUT2D eigenvalue weighted by molar-refractivity contribution is 6.32. The second kappa shape index (κ2) is 5.12. The maximum Gasteiger partial charge on any atom is 0.245 e. The van der Waals surface area contributed by atoms with Crippen molar-refractivity contribution in [1.29, 1.82) is 0 Å². The number of allylic oxidation sites excluding steroid dienone is 1. The fraction of sp³-hybridized carbons (Fsp3) is 0.375. The molecule has 0 spiro atoms. The van der Waals surface area contributed by atoms with Gasteiger partial charge in [0, 0.05) is 6.54 Å². The van der Waals surface area contributed by atoms with E-state index >= 15 is 0 Å². The maximum absolute atomic E-state index is 5.73. The number of halogens is 2. The van der Waals surface area contributed by atoms with Crippen LogP contribution in [0, 0.1) is 0 Å². The van der Waals surface area contributed by atoms with Crippen LogP contribution in [-0.4, -0.2) is 21.7 Å². The minimum absolute atomic E-state index is 0.0779. The van der Waals surface area contributed by atoms with E-state index < -0.39 is 0 Å². The Kier molecular flexibility index (Phi) is 4.10. The Balaban J connectivity index is 2.67. The summed E-state index contributed by atoms with van der Waals surface area (Å²) < 4.78 is 0. The number of nitrogens with zero attached hydrogens (tertiary/aromatic N) is 3. The molecule has 0 amide bonds. The first-order valence-electron chi connectivity index (χ1n) is 4.02. The number of nitrogens with one attached hydrogen (secondary N) is 1. The Morgan fingerprint density at radius 1 is 1.36 bits per heavy atom. The van der Waals surface area contributed by atoms with Crippen molar-refractivity contribution in [3.63, 3.8) is 0 Å². The van der Waals surface area contributed by atoms with Gasteiger partial charge in [0.2, 0.25) is 5.28 Å². The van der Waals surface area contributed by atoms with Gasteiger partial charge in [-0.3, -0.25) is 0 Å². The Labute approximate surface area is 92.4 Å². The van der Waals surface area contributed by atoms with E-state index in [-0.39, 0.29) is 10.4 Å². The van der Waals surface area contributed by atoms with Crippen LogP contribution in [0.3, 0.4) is 0 Å². The average molecular weight is 233 g/mol. The zero-order valence-corrected chi connectivity index (χ0v) is 9.39. The van der Waals surface area contributed by atoms with E-state index in [2.05, 4.69) is 20.5 Å². The molecule has 1 aromatic rings. The SMILES string of the molecule is CC(C)=CCNc1nc(Cl)nnc1Cl. The van der Waals surface area contributed by atoms with Crippen molar-refractivity contribution in [3.8, 4) is 0 Å². The summed E-state index contributed by atoms with van der Waals surface area (Å²) in [5, 5.41) is 10.4. The van der Waals surface area contributed by atoms with Crippen LogP contribution < -0.4 is 5.32 Å². The lowest BCUT2D eigenvalue weighted by Gasteiger charge is -2.03. The smallest absolute Gasteiger partial charge is 0.245 e. The third-order valence-electron chi connectivity index (χ3n) is 1.40. The number of anilines is 1. The molecule has 0 unspecified atom stereocenters. The van der Waals surface area contributed by atoms with Crippen molar-refractivity contribution in [2.75, 3.05) is 11.9 Å². The molecule has 0 radical (unpaired) electrons. The van der Waals surface area contributed by atoms with Crippen LogP contribution in [-0.2, 0) is 0 Å². The van der Waals surface area contributed by atoms with E-state index in [1.54, 1.807) is 0 Å². The lowest BCUT2D eigenvalue weighted by Crippen LogP contribution is -2.04. The van der Waals surface area contributed by atoms with E-state index in [0.29, 0.717) is 12.4 Å². The molecule has 0 fully saturated rings. The van der Waals surface area contributed by atoms with Gasteiger partial charge in [-0.15, -0.1) is 10.2 Å². The highest BCUT2D eigenvalue weighted by Crippen LogP contribution is 2.15. The predicted octanol–water partition coefficient (Wildman–Crippen LogP) is 2.56. The zero-order chi connectivity index (χ0) is 10.6. The molecule has 0 saturated carbocycles. The Morgan fingerprint density at radius 3 is 2.71 bits per heavy atom. The van der Waals surface area contributed by atoms with Gasteiger partial charge in [0.1, 0.15) is 0 Å². The summed E-state index contributed by atoms with van der Waals surface area (Å²) in [6, 6.07) is 0. The summed E-state index contributed by atoms with van der Waals surface area (Å²) in [5.41, 5.74) is 1.21. The molecule has 0 aliphatic heterocycles. The standard InChI is InChI=1S/C8H10Cl2N4/c1-5(2)3-4-11-7-6(9)13-14-8(10)12-7/h3H,4H2,1-2H3,(H,11,12,14). The maximum atomic E-state index is 5.73. The average Bonchev–Trinajstić information content (AvgIpc) is 2.10. The second-order valence-corrected chi connectivity index (χ2v) is 3.58. The largest absolute Gasteiger partial charge is 0.364 e. The Hall–Kier alpha value is -0.870. The van der Waals surface area contributed by atoms with Crippen molar-refractivity contribution >= 4 is 29.0 Å². The third-order valence-corrected chi connectivity index (χ3v) is 1.81. The summed E-state index contributed by atoms with van der Waals surface area (Å²) in [6.07, 6.45) is 2.01. The van der Waals surface area contributed by atoms with Gasteiger partial charge in [0.15, 0.2) is 11.0 Å². The second-order valence-electron chi connectivity index (χ2n) is 2.88. The molecule has 1 rings (SSSR count). The van der Waals surface area contributed by atoms with Crippen LogP contribution in [0.5, 0.6) is 0 Å². The summed E-state index contributed by atoms with van der Waals surface area (Å²) in [7, 11) is 0. The summed E-state index contributed by atoms with van der Waals surface area (Å²) in [6.45, 7) is 4.65. The number of aromatic nitrogens is 3. The fourth-order valence-corrected chi connectivity index (χ4v) is 1.03. The molecular weight excluding hydrogens is 223 g/mol. The van der Waals surface area contributed by atoms with Gasteiger partial charge >= 0.3 is 0 Å². The van der Waals surface area contributed by atoms with Gasteiger partial charge in [-0.1, -0.05) is 23.3 Å². The number of hydrogen-bond donors (Lipinski definition) is 1. The van der Waals surface area contributed by atoms with Crippen LogP contribution in [0.4, 0.5) is 5.82 Å². The molecule has 76 valence electrons. The summed E-state index contributed by atoms with van der Waals surface area (Å²) in [5.74, 6) is 0.448. The molecule has 0 saturated heterocycles. The molecule has 6 heteroatoms. The van der Waals surface area contributed by atoms with Crippen LogP contribution in [0.1, 0.15) is 13.8 Å². The van der Waals surface area contributed by atoms with E-state index in [1.165, 1.54) is 5.57 Å². The minimum atomic E-state index is 0.0779. The quantitative estimate of drug-likeness (QED) is 0.815. The topological polar surface area (TPSA) is 50.7 Å². The lowest BCUT2D eigenvalue weighted by molar-refractivity contribution is 0.967. The lowest BCUT2D eigenvalue weighted by atomic mass is 10.3. The van der Waals surface area contributed by atoms with Crippen molar-refractivity contribution in [3.05, 3.63) is 22.1 Å². The van der Waals surface area contributed by atoms with E-state index in [4.69, 9.17) is 23.2 Å². The highest BCUT2D eigenvalue weighted by Gasteiger charge is 2.03. The number of rotatable bonds is 3. The van der Waals surface area contributed by atoms with Gasteiger partial charge in [-0.25, -0.2) is 0 Å². The molecule has 1 N–H and O–H groups in total. The molecule has 1 aromatic heterocycles. The van der Waals surface area contributed by atoms with Gasteiger partial charge in [-0.05, 0) is 25.4 Å². The van der Waals surface area contributed by atoms with Crippen LogP contribution in [0.15, 0.2) is 11.6 Å². The normalized spacial score (nSPS) is 9.71. The molecule has 14 heavy (non-hydrogen) atoms. The summed E-state index contributed by atoms with van der Waals surface area (Å²) in [4.78, 5) is 3.89. The molecule has 0 aliphatic rings. The van der Waals surface area contributed by atoms with Crippen molar-refractivity contribution in [1.82, 2.24) is 15.2 Å². The molecule has 1 heterocycles. The monoisotopic (exact) mass is 232 g/mol. The van der Waals surface area contributed by atoms with Gasteiger partial charge in [0.05, 0.1) is 0 Å². The fourth-order valence-electron chi connectivity index (χ4n) is 0.758. The minimum Gasteiger partial charge on any atom is -0.364 e. The van der Waals surface area contributed by atoms with Crippen LogP contribution >= 0.6 is 23.2 Å². The Bertz CT molecular complexity index is 347. The molecule has 0 atom stereocenters. The van der Waals surface area contributed by atoms with Crippen LogP contribution in [0.2, 0.25) is 10.4 Å². The zero-order valence-electron chi connectivity index (χ0n) is 7.88. The molecule has 0 aromatic carbocycles. The van der Waals surface area contributed by atoms with E-state index in [9.17, 15) is 0 Å². The highest BCUT2D eigenvalue weighted by atomic mass is 35.5. The number of hydrogen-bond acceptors (Lipinski definition) is 4. The first kappa shape index (κ1) is 11.2. The van der Waals surface area contributed by atoms with Gasteiger partial charge in [-0.2, -0.15) is 4.98 Å². The van der Waals surface area contributed by atoms with E-state index in [0.717, 1.165) is 0 Å². The molecule has 4 nitrogen and oxygen atoms in total. The van der Waals surface area contributed by atoms with Crippen molar-refractivity contribution < 1.29 is 0 Å². The van der Waals surface area contributed by atoms with Gasteiger partial charge < -0.3 is 5.32 Å². The Morgan fingerprint density at radius 2 is 2.07 bits per heavy atom. The first-order chi connectivity index (χ1) is 6.59. The summed E-state index contributed by atoms with van der Waals surface area (Å²) >= 11 is 11.3. The first-order valence-corrected chi connectivity index (χ1v) is 4.78. The van der Waals surface area contributed by atoms with Crippen LogP contribution in [0.25, 0.3) is 0 Å². The molecule has 0 bridgehead atoms. The van der Waals surface area contributed by atoms with Crippen molar-refractivity contribution in [2.45, 2.75) is 13.8 Å². The predicted molar refractivity (Wildman–Crippen MR) is 57.8 cm³/mol. The third kappa shape index (κ3) is 3.47. The van der Waals surface area contributed by atoms with E-state index in [1.807, 2.05) is 19.9 Å². The van der Waals surface area contributed by atoms with Crippen molar-refractivity contribution in [2.24, 2.45) is 0 Å². The molecular formula is C8H10Cl2N4.